The number of carbonyl (C=O) groups excluding carboxylic acids is 2. The summed E-state index contributed by atoms with van der Waals surface area (Å²) in [5.41, 5.74) is 0. The molecule has 0 aliphatic carbocycles. The van der Waals surface area contributed by atoms with Crippen LogP contribution < -0.4 is 4.74 Å². The smallest absolute Gasteiger partial charge is 0.310 e. The molecule has 0 bridgehead atoms. The second-order valence-corrected chi connectivity index (χ2v) is 5.12. The molecule has 0 spiro atoms. The molecular formula is C16H21NO4. The lowest BCUT2D eigenvalue weighted by Crippen LogP contribution is -2.40. The number of amides is 1. The van der Waals surface area contributed by atoms with E-state index in [0.717, 1.165) is 0 Å². The molecule has 1 aromatic carbocycles. The van der Waals surface area contributed by atoms with Gasteiger partial charge in [0.05, 0.1) is 13.0 Å². The van der Waals surface area contributed by atoms with Crippen molar-refractivity contribution >= 4 is 11.9 Å². The van der Waals surface area contributed by atoms with Gasteiger partial charge in [-0.05, 0) is 25.0 Å². The Balaban J connectivity index is 1.96. The number of rotatable bonds is 5. The normalized spacial score (nSPS) is 19.1. The van der Waals surface area contributed by atoms with Gasteiger partial charge in [0.1, 0.15) is 5.75 Å². The van der Waals surface area contributed by atoms with E-state index in [1.165, 1.54) is 7.11 Å². The van der Waals surface area contributed by atoms with Crippen molar-refractivity contribution in [2.24, 2.45) is 5.92 Å². The third kappa shape index (κ3) is 3.74. The van der Waals surface area contributed by atoms with Crippen LogP contribution in [-0.2, 0) is 14.3 Å². The lowest BCUT2D eigenvalue weighted by Gasteiger charge is -2.23. The van der Waals surface area contributed by atoms with Crippen LogP contribution in [0.3, 0.4) is 0 Å². The van der Waals surface area contributed by atoms with Crippen LogP contribution in [0.1, 0.15) is 19.8 Å². The Morgan fingerprint density at radius 3 is 2.67 bits per heavy atom. The number of ether oxygens (including phenoxy) is 2. The van der Waals surface area contributed by atoms with E-state index in [-0.39, 0.29) is 17.8 Å². The van der Waals surface area contributed by atoms with Gasteiger partial charge in [-0.3, -0.25) is 9.59 Å². The van der Waals surface area contributed by atoms with Crippen LogP contribution in [-0.4, -0.2) is 43.1 Å². The lowest BCUT2D eigenvalue weighted by molar-refractivity contribution is -0.145. The molecule has 5 nitrogen and oxygen atoms in total. The maximum atomic E-state index is 12.5. The number of esters is 1. The van der Waals surface area contributed by atoms with Crippen LogP contribution in [0, 0.1) is 5.92 Å². The third-order valence-corrected chi connectivity index (χ3v) is 3.70. The fraction of sp³-hybridized carbons (Fsp3) is 0.500. The first-order valence-electron chi connectivity index (χ1n) is 7.24. The maximum Gasteiger partial charge on any atom is 0.310 e. The van der Waals surface area contributed by atoms with E-state index in [0.29, 0.717) is 31.7 Å². The van der Waals surface area contributed by atoms with Crippen LogP contribution >= 0.6 is 0 Å². The quantitative estimate of drug-likeness (QED) is 0.777. The van der Waals surface area contributed by atoms with Crippen molar-refractivity contribution in [3.63, 3.8) is 0 Å². The summed E-state index contributed by atoms with van der Waals surface area (Å²) in [6.07, 6.45) is 0.733. The highest BCUT2D eigenvalue weighted by molar-refractivity contribution is 5.83. The first-order chi connectivity index (χ1) is 10.2. The van der Waals surface area contributed by atoms with Gasteiger partial charge in [0.25, 0.3) is 5.91 Å². The van der Waals surface area contributed by atoms with E-state index in [2.05, 4.69) is 0 Å². The third-order valence-electron chi connectivity index (χ3n) is 3.70. The number of carbonyl (C=O) groups is 2. The summed E-state index contributed by atoms with van der Waals surface area (Å²) in [5.74, 6) is 0.157. The van der Waals surface area contributed by atoms with Crippen LogP contribution in [0.5, 0.6) is 5.75 Å². The minimum absolute atomic E-state index is 0.0623. The van der Waals surface area contributed by atoms with Gasteiger partial charge in [0.15, 0.2) is 6.10 Å². The maximum absolute atomic E-state index is 12.5. The van der Waals surface area contributed by atoms with Crippen molar-refractivity contribution in [3.8, 4) is 5.75 Å². The predicted molar refractivity (Wildman–Crippen MR) is 77.9 cm³/mol. The fourth-order valence-corrected chi connectivity index (χ4v) is 2.49. The van der Waals surface area contributed by atoms with Gasteiger partial charge in [-0.2, -0.15) is 0 Å². The molecule has 0 N–H and O–H groups in total. The summed E-state index contributed by atoms with van der Waals surface area (Å²) in [7, 11) is 1.38. The molecule has 0 radical (unpaired) electrons. The standard InChI is InChI=1S/C16H21NO4/c1-3-14(21-13-7-5-4-6-8-13)15(18)17-10-9-12(11-17)16(19)20-2/h4-8,12,14H,3,9-11H2,1-2H3. The molecule has 2 atom stereocenters. The minimum Gasteiger partial charge on any atom is -0.481 e. The van der Waals surface area contributed by atoms with E-state index < -0.39 is 6.10 Å². The number of likely N-dealkylation sites (tertiary alicyclic amines) is 1. The number of hydrogen-bond donors (Lipinski definition) is 0. The topological polar surface area (TPSA) is 55.8 Å². The zero-order valence-corrected chi connectivity index (χ0v) is 12.5. The Bertz CT molecular complexity index is 488. The fourth-order valence-electron chi connectivity index (χ4n) is 2.49. The Hall–Kier alpha value is -2.04. The highest BCUT2D eigenvalue weighted by Crippen LogP contribution is 2.21. The molecule has 5 heteroatoms. The zero-order chi connectivity index (χ0) is 15.2. The van der Waals surface area contributed by atoms with E-state index in [1.807, 2.05) is 37.3 Å². The van der Waals surface area contributed by atoms with Crippen molar-refractivity contribution in [2.75, 3.05) is 20.2 Å². The molecule has 1 aliphatic heterocycles. The van der Waals surface area contributed by atoms with Gasteiger partial charge in [-0.25, -0.2) is 0 Å². The van der Waals surface area contributed by atoms with E-state index >= 15 is 0 Å². The first-order valence-corrected chi connectivity index (χ1v) is 7.24. The molecular weight excluding hydrogens is 270 g/mol. The average Bonchev–Trinajstić information content (AvgIpc) is 3.02. The molecule has 1 aliphatic rings. The number of benzene rings is 1. The van der Waals surface area contributed by atoms with Crippen LogP contribution in [0.2, 0.25) is 0 Å². The summed E-state index contributed by atoms with van der Waals surface area (Å²) in [6.45, 7) is 2.91. The molecule has 1 aromatic rings. The van der Waals surface area contributed by atoms with Gasteiger partial charge >= 0.3 is 5.97 Å². The second-order valence-electron chi connectivity index (χ2n) is 5.12. The van der Waals surface area contributed by atoms with Gasteiger partial charge in [-0.1, -0.05) is 25.1 Å². The lowest BCUT2D eigenvalue weighted by atomic mass is 10.1. The first kappa shape index (κ1) is 15.4. The van der Waals surface area contributed by atoms with Crippen molar-refractivity contribution in [3.05, 3.63) is 30.3 Å². The molecule has 1 saturated heterocycles. The molecule has 1 heterocycles. The summed E-state index contributed by atoms with van der Waals surface area (Å²) in [4.78, 5) is 25.7. The highest BCUT2D eigenvalue weighted by Gasteiger charge is 2.34. The Labute approximate surface area is 124 Å². The monoisotopic (exact) mass is 291 g/mol. The summed E-state index contributed by atoms with van der Waals surface area (Å²) in [5, 5.41) is 0. The average molecular weight is 291 g/mol. The molecule has 2 unspecified atom stereocenters. The second kappa shape index (κ2) is 7.11. The predicted octanol–water partition coefficient (Wildman–Crippen LogP) is 1.87. The van der Waals surface area contributed by atoms with Crippen LogP contribution in [0.4, 0.5) is 0 Å². The number of nitrogens with zero attached hydrogens (tertiary/aromatic N) is 1. The SMILES string of the molecule is CCC(Oc1ccccc1)C(=O)N1CCC(C(=O)OC)C1. The minimum atomic E-state index is -0.510. The molecule has 21 heavy (non-hydrogen) atoms. The highest BCUT2D eigenvalue weighted by atomic mass is 16.5. The number of hydrogen-bond acceptors (Lipinski definition) is 4. The Kier molecular flexibility index (Phi) is 5.20. The molecule has 2 rings (SSSR count). The van der Waals surface area contributed by atoms with Gasteiger partial charge in [0.2, 0.25) is 0 Å². The van der Waals surface area contributed by atoms with Crippen molar-refractivity contribution in [2.45, 2.75) is 25.9 Å². The van der Waals surface area contributed by atoms with E-state index in [4.69, 9.17) is 9.47 Å². The largest absolute Gasteiger partial charge is 0.481 e. The molecule has 1 amide bonds. The Morgan fingerprint density at radius 2 is 2.05 bits per heavy atom. The van der Waals surface area contributed by atoms with Crippen molar-refractivity contribution in [1.29, 1.82) is 0 Å². The number of para-hydroxylation sites is 1. The van der Waals surface area contributed by atoms with E-state index in [1.54, 1.807) is 4.90 Å². The van der Waals surface area contributed by atoms with Crippen LogP contribution in [0.15, 0.2) is 30.3 Å². The Morgan fingerprint density at radius 1 is 1.33 bits per heavy atom. The molecule has 0 saturated carbocycles. The number of methoxy groups -OCH3 is 1. The zero-order valence-electron chi connectivity index (χ0n) is 12.5. The molecule has 114 valence electrons. The van der Waals surface area contributed by atoms with Gasteiger partial charge in [-0.15, -0.1) is 0 Å². The van der Waals surface area contributed by atoms with Gasteiger partial charge in [0, 0.05) is 13.1 Å². The summed E-state index contributed by atoms with van der Waals surface area (Å²) < 4.78 is 10.5. The molecule has 0 aromatic heterocycles. The van der Waals surface area contributed by atoms with Crippen molar-refractivity contribution < 1.29 is 19.1 Å². The van der Waals surface area contributed by atoms with Gasteiger partial charge < -0.3 is 14.4 Å². The van der Waals surface area contributed by atoms with E-state index in [9.17, 15) is 9.59 Å². The molecule has 1 fully saturated rings. The summed E-state index contributed by atoms with van der Waals surface area (Å²) >= 11 is 0. The van der Waals surface area contributed by atoms with Crippen molar-refractivity contribution in [1.82, 2.24) is 4.90 Å². The van der Waals surface area contributed by atoms with Crippen LogP contribution in [0.25, 0.3) is 0 Å². The summed E-state index contributed by atoms with van der Waals surface area (Å²) in [6, 6.07) is 9.30.